The maximum absolute atomic E-state index is 9.18. The van der Waals surface area contributed by atoms with Crippen LogP contribution in [0.25, 0.3) is 0 Å². The molecule has 74 valence electrons. The zero-order chi connectivity index (χ0) is 9.61. The van der Waals surface area contributed by atoms with E-state index in [4.69, 9.17) is 0 Å². The second-order valence-corrected chi connectivity index (χ2v) is 4.93. The summed E-state index contributed by atoms with van der Waals surface area (Å²) in [5.74, 6) is 2.08. The fourth-order valence-corrected chi connectivity index (χ4v) is 1.99. The minimum Gasteiger partial charge on any atom is -0.394 e. The summed E-state index contributed by atoms with van der Waals surface area (Å²) in [5, 5.41) is 12.6. The van der Waals surface area contributed by atoms with Crippen LogP contribution >= 0.6 is 11.8 Å². The van der Waals surface area contributed by atoms with Crippen molar-refractivity contribution < 1.29 is 5.11 Å². The number of rotatable bonds is 6. The van der Waals surface area contributed by atoms with Gasteiger partial charge in [-0.25, -0.2) is 0 Å². The Morgan fingerprint density at radius 2 is 2.08 bits per heavy atom. The van der Waals surface area contributed by atoms with Crippen LogP contribution in [0.1, 0.15) is 27.7 Å². The van der Waals surface area contributed by atoms with Gasteiger partial charge in [0.1, 0.15) is 0 Å². The molecule has 0 aromatic rings. The lowest BCUT2D eigenvalue weighted by Crippen LogP contribution is -2.51. The van der Waals surface area contributed by atoms with E-state index >= 15 is 0 Å². The highest BCUT2D eigenvalue weighted by molar-refractivity contribution is 7.99. The summed E-state index contributed by atoms with van der Waals surface area (Å²) < 4.78 is 0. The van der Waals surface area contributed by atoms with Crippen LogP contribution in [0.3, 0.4) is 0 Å². The molecular weight excluding hydrogens is 170 g/mol. The van der Waals surface area contributed by atoms with E-state index in [0.29, 0.717) is 6.04 Å². The number of hydrogen-bond acceptors (Lipinski definition) is 3. The van der Waals surface area contributed by atoms with E-state index in [1.807, 2.05) is 11.8 Å². The fraction of sp³-hybridized carbons (Fsp3) is 1.00. The van der Waals surface area contributed by atoms with Crippen molar-refractivity contribution in [2.75, 3.05) is 18.1 Å². The van der Waals surface area contributed by atoms with Gasteiger partial charge >= 0.3 is 0 Å². The molecule has 0 saturated carbocycles. The molecule has 1 unspecified atom stereocenters. The van der Waals surface area contributed by atoms with E-state index in [2.05, 4.69) is 33.0 Å². The Hall–Kier alpha value is 0.270. The Labute approximate surface area is 80.1 Å². The van der Waals surface area contributed by atoms with Crippen LogP contribution in [0.5, 0.6) is 0 Å². The molecule has 0 heterocycles. The third-order valence-electron chi connectivity index (χ3n) is 1.61. The van der Waals surface area contributed by atoms with Gasteiger partial charge in [-0.05, 0) is 12.7 Å². The smallest absolute Gasteiger partial charge is 0.0618 e. The summed E-state index contributed by atoms with van der Waals surface area (Å²) in [6, 6.07) is 0.430. The Bertz CT molecular complexity index is 119. The van der Waals surface area contributed by atoms with Crippen molar-refractivity contribution in [3.05, 3.63) is 0 Å². The molecule has 0 aromatic carbocycles. The standard InChI is InChI=1S/C9H21NOS/c1-5-12-7-9(4,6-11)10-8(2)3/h8,10-11H,5-7H2,1-4H3. The molecule has 1 atom stereocenters. The van der Waals surface area contributed by atoms with Crippen molar-refractivity contribution in [2.45, 2.75) is 39.3 Å². The van der Waals surface area contributed by atoms with E-state index in [9.17, 15) is 5.11 Å². The molecule has 2 nitrogen and oxygen atoms in total. The first-order chi connectivity index (χ1) is 5.54. The van der Waals surface area contributed by atoms with Gasteiger partial charge in [-0.15, -0.1) is 0 Å². The molecule has 0 fully saturated rings. The lowest BCUT2D eigenvalue weighted by molar-refractivity contribution is 0.183. The summed E-state index contributed by atoms with van der Waals surface area (Å²) in [6.45, 7) is 8.61. The van der Waals surface area contributed by atoms with Crippen molar-refractivity contribution in [3.8, 4) is 0 Å². The number of thioether (sulfide) groups is 1. The van der Waals surface area contributed by atoms with Crippen LogP contribution in [-0.2, 0) is 0 Å². The topological polar surface area (TPSA) is 32.3 Å². The van der Waals surface area contributed by atoms with Gasteiger partial charge in [0.15, 0.2) is 0 Å². The summed E-state index contributed by atoms with van der Waals surface area (Å²) in [7, 11) is 0. The number of aliphatic hydroxyl groups is 1. The van der Waals surface area contributed by atoms with E-state index in [1.54, 1.807) is 0 Å². The highest BCUT2D eigenvalue weighted by Gasteiger charge is 2.22. The van der Waals surface area contributed by atoms with Gasteiger partial charge in [0.2, 0.25) is 0 Å². The molecule has 3 heteroatoms. The predicted octanol–water partition coefficient (Wildman–Crippen LogP) is 1.49. The van der Waals surface area contributed by atoms with Crippen molar-refractivity contribution in [1.82, 2.24) is 5.32 Å². The van der Waals surface area contributed by atoms with Crippen LogP contribution in [0, 0.1) is 0 Å². The first-order valence-electron chi connectivity index (χ1n) is 4.50. The van der Waals surface area contributed by atoms with Crippen molar-refractivity contribution in [1.29, 1.82) is 0 Å². The fourth-order valence-electron chi connectivity index (χ4n) is 1.16. The van der Waals surface area contributed by atoms with E-state index < -0.39 is 0 Å². The van der Waals surface area contributed by atoms with Crippen molar-refractivity contribution in [3.63, 3.8) is 0 Å². The van der Waals surface area contributed by atoms with Gasteiger partial charge < -0.3 is 10.4 Å². The number of nitrogens with one attached hydrogen (secondary N) is 1. The van der Waals surface area contributed by atoms with Crippen LogP contribution in [0.2, 0.25) is 0 Å². The van der Waals surface area contributed by atoms with Crippen LogP contribution in [0.4, 0.5) is 0 Å². The molecule has 0 aromatic heterocycles. The second-order valence-electron chi connectivity index (χ2n) is 3.65. The highest BCUT2D eigenvalue weighted by atomic mass is 32.2. The third kappa shape index (κ3) is 5.01. The first kappa shape index (κ1) is 12.3. The van der Waals surface area contributed by atoms with Crippen molar-refractivity contribution in [2.24, 2.45) is 0 Å². The quantitative estimate of drug-likeness (QED) is 0.667. The van der Waals surface area contributed by atoms with Crippen LogP contribution in [0.15, 0.2) is 0 Å². The molecule has 0 bridgehead atoms. The van der Waals surface area contributed by atoms with E-state index in [0.717, 1.165) is 11.5 Å². The zero-order valence-corrected chi connectivity index (χ0v) is 9.37. The summed E-state index contributed by atoms with van der Waals surface area (Å²) in [5.41, 5.74) is -0.116. The SMILES string of the molecule is CCSCC(C)(CO)NC(C)C. The maximum atomic E-state index is 9.18. The molecular formula is C9H21NOS. The third-order valence-corrected chi connectivity index (χ3v) is 2.86. The average molecular weight is 191 g/mol. The van der Waals surface area contributed by atoms with Gasteiger partial charge in [-0.2, -0.15) is 11.8 Å². The zero-order valence-electron chi connectivity index (χ0n) is 8.55. The highest BCUT2D eigenvalue weighted by Crippen LogP contribution is 2.13. The number of hydrogen-bond donors (Lipinski definition) is 2. The molecule has 0 spiro atoms. The summed E-state index contributed by atoms with van der Waals surface area (Å²) in [4.78, 5) is 0. The van der Waals surface area contributed by atoms with Gasteiger partial charge in [0.05, 0.1) is 6.61 Å². The Kier molecular flexibility index (Phi) is 5.97. The van der Waals surface area contributed by atoms with Gasteiger partial charge in [-0.3, -0.25) is 0 Å². The van der Waals surface area contributed by atoms with Crippen LogP contribution < -0.4 is 5.32 Å². The molecule has 12 heavy (non-hydrogen) atoms. The first-order valence-corrected chi connectivity index (χ1v) is 5.66. The minimum absolute atomic E-state index is 0.116. The molecule has 0 rings (SSSR count). The van der Waals surface area contributed by atoms with Gasteiger partial charge in [0, 0.05) is 17.3 Å². The summed E-state index contributed by atoms with van der Waals surface area (Å²) in [6.07, 6.45) is 0. The lowest BCUT2D eigenvalue weighted by atomic mass is 10.1. The Balaban J connectivity index is 3.86. The van der Waals surface area contributed by atoms with E-state index in [1.165, 1.54) is 0 Å². The lowest BCUT2D eigenvalue weighted by Gasteiger charge is -2.30. The molecule has 0 aliphatic rings. The number of aliphatic hydroxyl groups excluding tert-OH is 1. The summed E-state index contributed by atoms with van der Waals surface area (Å²) >= 11 is 1.86. The van der Waals surface area contributed by atoms with E-state index in [-0.39, 0.29) is 12.1 Å². The Morgan fingerprint density at radius 1 is 1.50 bits per heavy atom. The predicted molar refractivity (Wildman–Crippen MR) is 56.8 cm³/mol. The van der Waals surface area contributed by atoms with Gasteiger partial charge in [0.25, 0.3) is 0 Å². The normalized spacial score (nSPS) is 16.5. The van der Waals surface area contributed by atoms with Crippen LogP contribution in [-0.4, -0.2) is 34.8 Å². The van der Waals surface area contributed by atoms with Crippen molar-refractivity contribution >= 4 is 11.8 Å². The monoisotopic (exact) mass is 191 g/mol. The molecule has 0 amide bonds. The maximum Gasteiger partial charge on any atom is 0.0618 e. The Morgan fingerprint density at radius 3 is 2.42 bits per heavy atom. The molecule has 0 saturated heterocycles. The molecule has 0 aliphatic heterocycles. The largest absolute Gasteiger partial charge is 0.394 e. The molecule has 0 aliphatic carbocycles. The second kappa shape index (κ2) is 5.84. The minimum atomic E-state index is -0.116. The van der Waals surface area contributed by atoms with Gasteiger partial charge in [-0.1, -0.05) is 20.8 Å². The molecule has 2 N–H and O–H groups in total. The average Bonchev–Trinajstić information content (AvgIpc) is 2.00. The molecule has 0 radical (unpaired) electrons.